The van der Waals surface area contributed by atoms with Crippen LogP contribution in [-0.2, 0) is 9.59 Å². The Morgan fingerprint density at radius 2 is 0.778 bits per heavy atom. The van der Waals surface area contributed by atoms with Crippen molar-refractivity contribution in [2.45, 2.75) is 0 Å². The Bertz CT molecular complexity index is 336. The Morgan fingerprint density at radius 3 is 0.889 bits per heavy atom. The van der Waals surface area contributed by atoms with E-state index in [1.807, 2.05) is 25.7 Å². The molecule has 0 spiro atoms. The number of carbonyl (C=O) groups excluding carboxylic acids is 2. The van der Waals surface area contributed by atoms with Gasteiger partial charge in [0, 0.05) is 0 Å². The van der Waals surface area contributed by atoms with Gasteiger partial charge in [0.25, 0.3) is 0 Å². The molecule has 0 atom stereocenters. The molecule has 0 unspecified atom stereocenters. The number of phenolic OH excluding ortho intramolecular Hbond substituents is 2. The lowest BCUT2D eigenvalue weighted by Crippen LogP contribution is -1.56. The maximum Gasteiger partial charge on any atom is 0.115 e. The zero-order valence-electron chi connectivity index (χ0n) is 9.90. The second-order valence-electron chi connectivity index (χ2n) is 2.67. The van der Waals surface area contributed by atoms with Crippen LogP contribution < -0.4 is 0 Å². The van der Waals surface area contributed by atoms with Crippen molar-refractivity contribution < 1.29 is 19.8 Å². The Hall–Kier alpha value is -2.62. The Kier molecular flexibility index (Phi) is 14.2. The lowest BCUT2D eigenvalue weighted by atomic mass is 10.3. The molecule has 0 aliphatic carbocycles. The summed E-state index contributed by atoms with van der Waals surface area (Å²) in [7, 11) is 0. The van der Waals surface area contributed by atoms with Gasteiger partial charge in [-0.05, 0) is 24.3 Å². The fraction of sp³-hybridized carbons (Fsp3) is 0. The van der Waals surface area contributed by atoms with Crippen molar-refractivity contribution in [1.29, 1.82) is 0 Å². The van der Waals surface area contributed by atoms with Gasteiger partial charge in [-0.25, -0.2) is 0 Å². The highest BCUT2D eigenvalue weighted by atomic mass is 16.3. The van der Waals surface area contributed by atoms with Crippen molar-refractivity contribution in [2.75, 3.05) is 0 Å². The van der Waals surface area contributed by atoms with E-state index < -0.39 is 0 Å². The molecule has 0 heterocycles. The highest BCUT2D eigenvalue weighted by Gasteiger charge is 1.75. The van der Waals surface area contributed by atoms with Crippen molar-refractivity contribution in [1.82, 2.24) is 0 Å². The molecular weight excluding hydrogens is 232 g/mol. The number of carbonyl (C=O) groups is 2. The van der Waals surface area contributed by atoms with Crippen LogP contribution in [0.15, 0.2) is 60.7 Å². The predicted octanol–water partition coefficient (Wildman–Crippen LogP) is 2.41. The molecule has 2 N–H and O–H groups in total. The lowest BCUT2D eigenvalue weighted by Gasteiger charge is -1.82. The van der Waals surface area contributed by atoms with Crippen molar-refractivity contribution in [2.24, 2.45) is 0 Å². The quantitative estimate of drug-likeness (QED) is 0.750. The van der Waals surface area contributed by atoms with E-state index in [1.165, 1.54) is 0 Å². The minimum atomic E-state index is 0.322. The van der Waals surface area contributed by atoms with Crippen LogP contribution in [0.4, 0.5) is 0 Å². The van der Waals surface area contributed by atoms with Gasteiger partial charge < -0.3 is 19.8 Å². The van der Waals surface area contributed by atoms with Gasteiger partial charge in [-0.3, -0.25) is 0 Å². The Labute approximate surface area is 106 Å². The van der Waals surface area contributed by atoms with E-state index in [2.05, 4.69) is 0 Å². The highest BCUT2D eigenvalue weighted by Crippen LogP contribution is 2.03. The molecule has 18 heavy (non-hydrogen) atoms. The number of rotatable bonds is 0. The summed E-state index contributed by atoms with van der Waals surface area (Å²) in [5.74, 6) is 0.644. The van der Waals surface area contributed by atoms with Gasteiger partial charge >= 0.3 is 0 Å². The second kappa shape index (κ2) is 14.4. The van der Waals surface area contributed by atoms with E-state index in [0.29, 0.717) is 11.5 Å². The number of hydrogen-bond donors (Lipinski definition) is 2. The summed E-state index contributed by atoms with van der Waals surface area (Å²) in [6.07, 6.45) is 0. The Balaban J connectivity index is 0. The number of hydrogen-bond acceptors (Lipinski definition) is 4. The third-order valence-electron chi connectivity index (χ3n) is 1.51. The van der Waals surface area contributed by atoms with Crippen LogP contribution in [0.5, 0.6) is 11.5 Å². The van der Waals surface area contributed by atoms with E-state index in [9.17, 15) is 0 Å². The highest BCUT2D eigenvalue weighted by molar-refractivity contribution is 5.19. The van der Waals surface area contributed by atoms with Crippen molar-refractivity contribution in [3.8, 4) is 11.5 Å². The molecule has 0 aromatic heterocycles. The van der Waals surface area contributed by atoms with E-state index in [-0.39, 0.29) is 0 Å². The van der Waals surface area contributed by atoms with Crippen molar-refractivity contribution >= 4 is 13.6 Å². The van der Waals surface area contributed by atoms with Gasteiger partial charge in [-0.1, -0.05) is 36.4 Å². The Morgan fingerprint density at radius 1 is 0.556 bits per heavy atom. The van der Waals surface area contributed by atoms with Gasteiger partial charge in [0.15, 0.2) is 0 Å². The molecule has 0 aliphatic heterocycles. The van der Waals surface area contributed by atoms with Crippen LogP contribution in [0.2, 0.25) is 0 Å². The minimum Gasteiger partial charge on any atom is -0.508 e. The first-order valence-corrected chi connectivity index (χ1v) is 4.85. The number of benzene rings is 2. The zero-order chi connectivity index (χ0) is 14.2. The van der Waals surface area contributed by atoms with Crippen LogP contribution >= 0.6 is 0 Å². The van der Waals surface area contributed by atoms with Gasteiger partial charge in [-0.15, -0.1) is 0 Å². The van der Waals surface area contributed by atoms with Gasteiger partial charge in [0.2, 0.25) is 0 Å². The molecule has 0 saturated heterocycles. The molecule has 0 radical (unpaired) electrons. The average Bonchev–Trinajstić information content (AvgIpc) is 2.46. The van der Waals surface area contributed by atoms with Gasteiger partial charge in [-0.2, -0.15) is 0 Å². The zero-order valence-corrected chi connectivity index (χ0v) is 9.90. The summed E-state index contributed by atoms with van der Waals surface area (Å²) < 4.78 is 0. The number of phenols is 2. The fourth-order valence-electron chi connectivity index (χ4n) is 0.856. The molecule has 96 valence electrons. The molecule has 4 heteroatoms. The standard InChI is InChI=1S/2C6H6O.2CH2O/c2*7-6-4-2-1-3-5-6;2*1-2/h2*1-5,7H;2*1H2. The monoisotopic (exact) mass is 248 g/mol. The normalized spacial score (nSPS) is 7.11. The summed E-state index contributed by atoms with van der Waals surface area (Å²) in [4.78, 5) is 16.0. The van der Waals surface area contributed by atoms with E-state index in [0.717, 1.165) is 0 Å². The summed E-state index contributed by atoms with van der Waals surface area (Å²) in [6.45, 7) is 4.00. The molecule has 0 aliphatic rings. The van der Waals surface area contributed by atoms with Crippen molar-refractivity contribution in [3.63, 3.8) is 0 Å². The molecule has 0 fully saturated rings. The number of para-hydroxylation sites is 2. The van der Waals surface area contributed by atoms with Crippen LogP contribution in [-0.4, -0.2) is 23.8 Å². The van der Waals surface area contributed by atoms with Crippen LogP contribution in [0.3, 0.4) is 0 Å². The lowest BCUT2D eigenvalue weighted by molar-refractivity contribution is -0.0987. The molecule has 0 amide bonds. The first-order chi connectivity index (χ1) is 8.79. The van der Waals surface area contributed by atoms with Crippen molar-refractivity contribution in [3.05, 3.63) is 60.7 Å². The molecule has 2 aromatic carbocycles. The van der Waals surface area contributed by atoms with Gasteiger partial charge in [0.1, 0.15) is 25.1 Å². The third-order valence-corrected chi connectivity index (χ3v) is 1.51. The number of aromatic hydroxyl groups is 2. The second-order valence-corrected chi connectivity index (χ2v) is 2.67. The maximum absolute atomic E-state index is 8.63. The smallest absolute Gasteiger partial charge is 0.115 e. The maximum atomic E-state index is 8.63. The first kappa shape index (κ1) is 17.8. The molecule has 0 saturated carbocycles. The molecule has 2 aromatic rings. The molecular formula is C14H16O4. The van der Waals surface area contributed by atoms with E-state index >= 15 is 0 Å². The predicted molar refractivity (Wildman–Crippen MR) is 70.5 cm³/mol. The SMILES string of the molecule is C=O.C=O.Oc1ccccc1.Oc1ccccc1. The van der Waals surface area contributed by atoms with E-state index in [4.69, 9.17) is 19.8 Å². The van der Waals surface area contributed by atoms with Crippen LogP contribution in [0.25, 0.3) is 0 Å². The topological polar surface area (TPSA) is 74.6 Å². The summed E-state index contributed by atoms with van der Waals surface area (Å²) in [6, 6.07) is 17.4. The molecule has 2 rings (SSSR count). The summed E-state index contributed by atoms with van der Waals surface area (Å²) >= 11 is 0. The largest absolute Gasteiger partial charge is 0.508 e. The molecule has 4 nitrogen and oxygen atoms in total. The third kappa shape index (κ3) is 11.5. The summed E-state index contributed by atoms with van der Waals surface area (Å²) in [5.41, 5.74) is 0. The fourth-order valence-corrected chi connectivity index (χ4v) is 0.856. The van der Waals surface area contributed by atoms with Crippen LogP contribution in [0, 0.1) is 0 Å². The van der Waals surface area contributed by atoms with Crippen LogP contribution in [0.1, 0.15) is 0 Å². The minimum absolute atomic E-state index is 0.322. The van der Waals surface area contributed by atoms with Gasteiger partial charge in [0.05, 0.1) is 0 Å². The first-order valence-electron chi connectivity index (χ1n) is 4.85. The summed E-state index contributed by atoms with van der Waals surface area (Å²) in [5, 5.41) is 17.3. The average molecular weight is 248 g/mol. The van der Waals surface area contributed by atoms with E-state index in [1.54, 1.807) is 48.5 Å². The molecule has 0 bridgehead atoms.